The molecule has 0 bridgehead atoms. The Morgan fingerprint density at radius 2 is 1.80 bits per heavy atom. The standard InChI is InChI=1S/C26H30N4O5/c1-34-20-11-7-10-19(23(20)35-2)15-27-25(32)21-22(31)26(33)29-24(28-21)18-9-6-8-17(14-18)16-30-12-4-3-5-13-30/h6-11,14,31H,3-5,12-13,15-16H2,1-2H3,(H,27,32)(H,28,29,33). The molecule has 0 saturated carbocycles. The van der Waals surface area contributed by atoms with Gasteiger partial charge in [0.05, 0.1) is 14.2 Å². The Hall–Kier alpha value is -3.85. The van der Waals surface area contributed by atoms with Crippen LogP contribution < -0.4 is 14.8 Å². The summed E-state index contributed by atoms with van der Waals surface area (Å²) in [4.78, 5) is 23.6. The van der Waals surface area contributed by atoms with Crippen molar-refractivity contribution in [3.63, 3.8) is 0 Å². The molecule has 0 atom stereocenters. The molecule has 9 heteroatoms. The van der Waals surface area contributed by atoms with Gasteiger partial charge in [-0.25, -0.2) is 4.98 Å². The Labute approximate surface area is 204 Å². The van der Waals surface area contributed by atoms with Gasteiger partial charge in [-0.15, -0.1) is 0 Å². The Bertz CT molecular complexity index is 1190. The van der Waals surface area contributed by atoms with Crippen molar-refractivity contribution in [3.05, 3.63) is 59.3 Å². The lowest BCUT2D eigenvalue weighted by Crippen LogP contribution is -2.29. The third-order valence-corrected chi connectivity index (χ3v) is 6.04. The molecule has 1 aliphatic heterocycles. The quantitative estimate of drug-likeness (QED) is 0.451. The monoisotopic (exact) mass is 478 g/mol. The molecule has 184 valence electrons. The molecule has 3 aromatic rings. The third-order valence-electron chi connectivity index (χ3n) is 6.04. The smallest absolute Gasteiger partial charge is 0.274 e. The summed E-state index contributed by atoms with van der Waals surface area (Å²) in [5.74, 6) is -0.792. The molecule has 0 aliphatic carbocycles. The van der Waals surface area contributed by atoms with Crippen molar-refractivity contribution in [3.8, 4) is 34.5 Å². The van der Waals surface area contributed by atoms with Gasteiger partial charge in [0.1, 0.15) is 0 Å². The van der Waals surface area contributed by atoms with E-state index in [-0.39, 0.29) is 18.1 Å². The highest BCUT2D eigenvalue weighted by Crippen LogP contribution is 2.32. The van der Waals surface area contributed by atoms with Crippen molar-refractivity contribution in [1.82, 2.24) is 20.2 Å². The van der Waals surface area contributed by atoms with Gasteiger partial charge in [-0.1, -0.05) is 36.8 Å². The molecule has 1 fully saturated rings. The van der Waals surface area contributed by atoms with Gasteiger partial charge in [-0.3, -0.25) is 9.69 Å². The summed E-state index contributed by atoms with van der Waals surface area (Å²) in [5, 5.41) is 23.2. The average Bonchev–Trinajstić information content (AvgIpc) is 2.89. The minimum absolute atomic E-state index is 0.101. The maximum Gasteiger partial charge on any atom is 0.274 e. The minimum atomic E-state index is -0.673. The van der Waals surface area contributed by atoms with Crippen LogP contribution >= 0.6 is 0 Å². The van der Waals surface area contributed by atoms with E-state index in [4.69, 9.17) is 9.47 Å². The van der Waals surface area contributed by atoms with Crippen LogP contribution in [0.2, 0.25) is 0 Å². The van der Waals surface area contributed by atoms with Gasteiger partial charge in [-0.2, -0.15) is 4.98 Å². The molecule has 0 spiro atoms. The molecule has 3 N–H and O–H groups in total. The van der Waals surface area contributed by atoms with E-state index in [0.29, 0.717) is 22.6 Å². The number of piperidine rings is 1. The highest BCUT2D eigenvalue weighted by molar-refractivity contribution is 5.95. The SMILES string of the molecule is COc1cccc(CNC(=O)c2nc(-c3cccc(CN4CCCCC4)c3)nc(O)c2O)c1OC. The Morgan fingerprint density at radius 1 is 1.03 bits per heavy atom. The number of likely N-dealkylation sites (tertiary alicyclic amines) is 1. The number of nitrogens with zero attached hydrogens (tertiary/aromatic N) is 3. The van der Waals surface area contributed by atoms with E-state index in [0.717, 1.165) is 25.2 Å². The summed E-state index contributed by atoms with van der Waals surface area (Å²) in [5.41, 5.74) is 2.12. The Kier molecular flexibility index (Phi) is 7.67. The topological polar surface area (TPSA) is 117 Å². The van der Waals surface area contributed by atoms with Crippen LogP contribution in [0.3, 0.4) is 0 Å². The summed E-state index contributed by atoms with van der Waals surface area (Å²) in [7, 11) is 3.05. The number of carbonyl (C=O) groups is 1. The second-order valence-electron chi connectivity index (χ2n) is 8.44. The molecule has 35 heavy (non-hydrogen) atoms. The van der Waals surface area contributed by atoms with Gasteiger partial charge in [-0.05, 0) is 43.6 Å². The van der Waals surface area contributed by atoms with Crippen LogP contribution in [0, 0.1) is 0 Å². The average molecular weight is 479 g/mol. The van der Waals surface area contributed by atoms with Crippen LogP contribution in [0.25, 0.3) is 11.4 Å². The molecular weight excluding hydrogens is 448 g/mol. The van der Waals surface area contributed by atoms with Crippen molar-refractivity contribution in [1.29, 1.82) is 0 Å². The molecule has 1 aliphatic rings. The first-order valence-corrected chi connectivity index (χ1v) is 11.6. The number of methoxy groups -OCH3 is 2. The lowest BCUT2D eigenvalue weighted by molar-refractivity contribution is 0.0941. The second kappa shape index (κ2) is 11.1. The maximum absolute atomic E-state index is 12.9. The van der Waals surface area contributed by atoms with E-state index >= 15 is 0 Å². The van der Waals surface area contributed by atoms with Gasteiger partial charge in [0.15, 0.2) is 23.0 Å². The van der Waals surface area contributed by atoms with Gasteiger partial charge >= 0.3 is 0 Å². The summed E-state index contributed by atoms with van der Waals surface area (Å²) in [6.45, 7) is 3.06. The minimum Gasteiger partial charge on any atom is -0.501 e. The highest BCUT2D eigenvalue weighted by atomic mass is 16.5. The zero-order valence-corrected chi connectivity index (χ0v) is 20.0. The number of nitrogens with one attached hydrogen (secondary N) is 1. The van der Waals surface area contributed by atoms with Gasteiger partial charge < -0.3 is 25.0 Å². The zero-order valence-electron chi connectivity index (χ0n) is 20.0. The number of benzene rings is 2. The molecule has 9 nitrogen and oxygen atoms in total. The summed E-state index contributed by atoms with van der Waals surface area (Å²) < 4.78 is 10.7. The van der Waals surface area contributed by atoms with Crippen LogP contribution in [0.4, 0.5) is 0 Å². The summed E-state index contributed by atoms with van der Waals surface area (Å²) >= 11 is 0. The highest BCUT2D eigenvalue weighted by Gasteiger charge is 2.21. The van der Waals surface area contributed by atoms with Crippen LogP contribution in [-0.4, -0.2) is 58.3 Å². The first-order valence-electron chi connectivity index (χ1n) is 11.6. The number of carbonyl (C=O) groups excluding carboxylic acids is 1. The lowest BCUT2D eigenvalue weighted by atomic mass is 10.1. The van der Waals surface area contributed by atoms with Crippen LogP contribution in [-0.2, 0) is 13.1 Å². The van der Waals surface area contributed by atoms with Gasteiger partial charge in [0.2, 0.25) is 5.75 Å². The number of amides is 1. The third kappa shape index (κ3) is 5.63. The fraction of sp³-hybridized carbons (Fsp3) is 0.346. The van der Waals surface area contributed by atoms with E-state index in [2.05, 4.69) is 20.2 Å². The molecule has 1 aromatic heterocycles. The Balaban J connectivity index is 1.54. The lowest BCUT2D eigenvalue weighted by Gasteiger charge is -2.26. The van der Waals surface area contributed by atoms with Crippen molar-refractivity contribution >= 4 is 5.91 Å². The first kappa shape index (κ1) is 24.3. The van der Waals surface area contributed by atoms with Gasteiger partial charge in [0.25, 0.3) is 11.8 Å². The number of para-hydroxylation sites is 1. The van der Waals surface area contributed by atoms with Crippen LogP contribution in [0.15, 0.2) is 42.5 Å². The van der Waals surface area contributed by atoms with E-state index in [1.54, 1.807) is 18.2 Å². The fourth-order valence-corrected chi connectivity index (χ4v) is 4.27. The normalized spacial score (nSPS) is 13.9. The van der Waals surface area contributed by atoms with Crippen molar-refractivity contribution in [2.45, 2.75) is 32.4 Å². The predicted octanol–water partition coefficient (Wildman–Crippen LogP) is 3.49. The number of aromatic hydroxyl groups is 2. The van der Waals surface area contributed by atoms with E-state index in [1.165, 1.54) is 33.5 Å². The number of ether oxygens (including phenoxy) is 2. The van der Waals surface area contributed by atoms with Crippen LogP contribution in [0.5, 0.6) is 23.1 Å². The van der Waals surface area contributed by atoms with Crippen molar-refractivity contribution < 1.29 is 24.5 Å². The predicted molar refractivity (Wildman–Crippen MR) is 131 cm³/mol. The van der Waals surface area contributed by atoms with Crippen LogP contribution in [0.1, 0.15) is 40.9 Å². The largest absolute Gasteiger partial charge is 0.501 e. The van der Waals surface area contributed by atoms with E-state index < -0.39 is 17.5 Å². The fourth-order valence-electron chi connectivity index (χ4n) is 4.27. The molecule has 0 unspecified atom stereocenters. The summed E-state index contributed by atoms with van der Waals surface area (Å²) in [6.07, 6.45) is 3.68. The molecule has 2 heterocycles. The molecule has 4 rings (SSSR count). The van der Waals surface area contributed by atoms with Gasteiger partial charge in [0, 0.05) is 24.2 Å². The summed E-state index contributed by atoms with van der Waals surface area (Å²) in [6, 6.07) is 13.0. The molecule has 0 radical (unpaired) electrons. The molecular formula is C26H30N4O5. The van der Waals surface area contributed by atoms with Crippen molar-refractivity contribution in [2.75, 3.05) is 27.3 Å². The maximum atomic E-state index is 12.9. The molecule has 1 saturated heterocycles. The Morgan fingerprint density at radius 3 is 2.54 bits per heavy atom. The molecule has 2 aromatic carbocycles. The van der Waals surface area contributed by atoms with E-state index in [1.807, 2.05) is 24.3 Å². The van der Waals surface area contributed by atoms with Crippen molar-refractivity contribution in [2.24, 2.45) is 0 Å². The zero-order chi connectivity index (χ0) is 24.8. The number of hydrogen-bond donors (Lipinski definition) is 3. The number of hydrogen-bond acceptors (Lipinski definition) is 8. The number of aromatic nitrogens is 2. The van der Waals surface area contributed by atoms with E-state index in [9.17, 15) is 15.0 Å². The molecule has 1 amide bonds. The first-order chi connectivity index (χ1) is 17.0. The second-order valence-corrected chi connectivity index (χ2v) is 8.44. The number of rotatable bonds is 8.